The lowest BCUT2D eigenvalue weighted by Gasteiger charge is -2.12. The molecule has 0 aromatic carbocycles. The van der Waals surface area contributed by atoms with Crippen molar-refractivity contribution < 1.29 is 9.90 Å². The van der Waals surface area contributed by atoms with E-state index >= 15 is 0 Å². The summed E-state index contributed by atoms with van der Waals surface area (Å²) in [4.78, 5) is 21.3. The monoisotopic (exact) mass is 253 g/mol. The Hall–Kier alpha value is -1.49. The Morgan fingerprint density at radius 2 is 1.61 bits per heavy atom. The number of aromatic nitrogens is 2. The summed E-state index contributed by atoms with van der Waals surface area (Å²) in [6.07, 6.45) is -0.0140. The third-order valence-electron chi connectivity index (χ3n) is 2.25. The van der Waals surface area contributed by atoms with Crippen molar-refractivity contribution in [3.63, 3.8) is 0 Å². The van der Waals surface area contributed by atoms with Crippen molar-refractivity contribution in [2.75, 3.05) is 14.1 Å². The van der Waals surface area contributed by atoms with Gasteiger partial charge in [-0.05, 0) is 27.9 Å². The molecule has 5 nitrogen and oxygen atoms in total. The highest BCUT2D eigenvalue weighted by Crippen LogP contribution is 2.11. The van der Waals surface area contributed by atoms with Gasteiger partial charge < -0.3 is 10.0 Å². The second-order valence-electron chi connectivity index (χ2n) is 4.10. The molecule has 5 heteroatoms. The van der Waals surface area contributed by atoms with Crippen molar-refractivity contribution in [2.24, 2.45) is 0 Å². The molecule has 0 aliphatic carbocycles. The van der Waals surface area contributed by atoms with Gasteiger partial charge in [0.15, 0.2) is 0 Å². The highest BCUT2D eigenvalue weighted by molar-refractivity contribution is 5.70. The quantitative estimate of drug-likeness (QED) is 0.886. The standard InChI is InChI=1S/C11H17N3O2.C2H6/c1-7-9(5-11(15)16)8(2)13-10(12-7)6-14(3)4;1-2/h5-6H2,1-4H3,(H,15,16);1-2H3. The molecule has 1 heterocycles. The molecular weight excluding hydrogens is 230 g/mol. The van der Waals surface area contributed by atoms with E-state index in [2.05, 4.69) is 9.97 Å². The number of aryl methyl sites for hydroxylation is 2. The zero-order valence-corrected chi connectivity index (χ0v) is 12.1. The van der Waals surface area contributed by atoms with E-state index in [1.807, 2.05) is 46.7 Å². The van der Waals surface area contributed by atoms with E-state index in [0.29, 0.717) is 6.54 Å². The smallest absolute Gasteiger partial charge is 0.307 e. The summed E-state index contributed by atoms with van der Waals surface area (Å²) in [6.45, 7) is 8.31. The lowest BCUT2D eigenvalue weighted by molar-refractivity contribution is -0.136. The molecule has 1 rings (SSSR count). The average molecular weight is 253 g/mol. The van der Waals surface area contributed by atoms with E-state index in [4.69, 9.17) is 5.11 Å². The van der Waals surface area contributed by atoms with Gasteiger partial charge in [-0.2, -0.15) is 0 Å². The van der Waals surface area contributed by atoms with Gasteiger partial charge in [-0.25, -0.2) is 9.97 Å². The lowest BCUT2D eigenvalue weighted by Crippen LogP contribution is -2.16. The Bertz CT molecular complexity index is 380. The molecule has 0 saturated carbocycles. The first kappa shape index (κ1) is 16.5. The highest BCUT2D eigenvalue weighted by Gasteiger charge is 2.11. The van der Waals surface area contributed by atoms with E-state index in [0.717, 1.165) is 22.8 Å². The van der Waals surface area contributed by atoms with Crippen LogP contribution in [0, 0.1) is 13.8 Å². The molecule has 1 N–H and O–H groups in total. The Balaban J connectivity index is 0.00000137. The molecule has 0 fully saturated rings. The zero-order chi connectivity index (χ0) is 14.3. The minimum atomic E-state index is -0.852. The Kier molecular flexibility index (Phi) is 7.12. The third-order valence-corrected chi connectivity index (χ3v) is 2.25. The van der Waals surface area contributed by atoms with E-state index in [9.17, 15) is 4.79 Å². The van der Waals surface area contributed by atoms with Crippen LogP contribution in [-0.2, 0) is 17.8 Å². The summed E-state index contributed by atoms with van der Waals surface area (Å²) in [6, 6.07) is 0. The molecule has 0 amide bonds. The number of carboxylic acid groups (broad SMARTS) is 1. The van der Waals surface area contributed by atoms with Crippen molar-refractivity contribution in [3.05, 3.63) is 22.8 Å². The topological polar surface area (TPSA) is 66.3 Å². The van der Waals surface area contributed by atoms with Crippen molar-refractivity contribution in [2.45, 2.75) is 40.7 Å². The maximum atomic E-state index is 10.7. The molecule has 0 aliphatic heterocycles. The predicted octanol–water partition coefficient (Wildman–Crippen LogP) is 1.81. The first-order valence-corrected chi connectivity index (χ1v) is 6.09. The van der Waals surface area contributed by atoms with Gasteiger partial charge in [-0.15, -0.1) is 0 Å². The molecule has 0 radical (unpaired) electrons. The van der Waals surface area contributed by atoms with Crippen LogP contribution >= 0.6 is 0 Å². The van der Waals surface area contributed by atoms with Gasteiger partial charge in [-0.1, -0.05) is 13.8 Å². The summed E-state index contributed by atoms with van der Waals surface area (Å²) in [5, 5.41) is 8.77. The maximum absolute atomic E-state index is 10.7. The molecule has 18 heavy (non-hydrogen) atoms. The molecule has 102 valence electrons. The van der Waals surface area contributed by atoms with E-state index in [1.165, 1.54) is 0 Å². The molecular formula is C13H23N3O2. The van der Waals surface area contributed by atoms with Crippen LogP contribution in [0.5, 0.6) is 0 Å². The number of hydrogen-bond donors (Lipinski definition) is 1. The highest BCUT2D eigenvalue weighted by atomic mass is 16.4. The minimum Gasteiger partial charge on any atom is -0.481 e. The third kappa shape index (κ3) is 5.23. The van der Waals surface area contributed by atoms with Crippen LogP contribution in [0.4, 0.5) is 0 Å². The Morgan fingerprint density at radius 3 is 1.94 bits per heavy atom. The van der Waals surface area contributed by atoms with Gasteiger partial charge in [0.25, 0.3) is 0 Å². The minimum absolute atomic E-state index is 0.0140. The van der Waals surface area contributed by atoms with Crippen LogP contribution in [0.1, 0.15) is 36.6 Å². The van der Waals surface area contributed by atoms with Crippen LogP contribution in [0.3, 0.4) is 0 Å². The van der Waals surface area contributed by atoms with Crippen LogP contribution in [0.15, 0.2) is 0 Å². The Labute approximate surface area is 109 Å². The van der Waals surface area contributed by atoms with Crippen molar-refractivity contribution in [1.29, 1.82) is 0 Å². The zero-order valence-electron chi connectivity index (χ0n) is 12.1. The van der Waals surface area contributed by atoms with Gasteiger partial charge in [-0.3, -0.25) is 4.79 Å². The fourth-order valence-corrected chi connectivity index (χ4v) is 1.57. The normalized spacial score (nSPS) is 9.94. The van der Waals surface area contributed by atoms with Crippen molar-refractivity contribution in [3.8, 4) is 0 Å². The number of nitrogens with zero attached hydrogens (tertiary/aromatic N) is 3. The molecule has 0 spiro atoms. The summed E-state index contributed by atoms with van der Waals surface area (Å²) < 4.78 is 0. The number of rotatable bonds is 4. The van der Waals surface area contributed by atoms with Crippen LogP contribution < -0.4 is 0 Å². The molecule has 1 aromatic rings. The number of hydrogen-bond acceptors (Lipinski definition) is 4. The summed E-state index contributed by atoms with van der Waals surface area (Å²) in [5.41, 5.74) is 2.23. The SMILES string of the molecule is CC.Cc1nc(CN(C)C)nc(C)c1CC(=O)O. The summed E-state index contributed by atoms with van der Waals surface area (Å²) >= 11 is 0. The second kappa shape index (κ2) is 7.76. The maximum Gasteiger partial charge on any atom is 0.307 e. The number of carboxylic acids is 1. The molecule has 0 bridgehead atoms. The van der Waals surface area contributed by atoms with Gasteiger partial charge >= 0.3 is 5.97 Å². The summed E-state index contributed by atoms with van der Waals surface area (Å²) in [7, 11) is 3.89. The van der Waals surface area contributed by atoms with Crippen LogP contribution in [0.25, 0.3) is 0 Å². The second-order valence-corrected chi connectivity index (χ2v) is 4.10. The van der Waals surface area contributed by atoms with Crippen molar-refractivity contribution in [1.82, 2.24) is 14.9 Å². The first-order chi connectivity index (χ1) is 8.40. The van der Waals surface area contributed by atoms with Crippen molar-refractivity contribution >= 4 is 5.97 Å². The van der Waals surface area contributed by atoms with Gasteiger partial charge in [0.2, 0.25) is 0 Å². The average Bonchev–Trinajstić information content (AvgIpc) is 2.25. The van der Waals surface area contributed by atoms with Crippen LogP contribution in [0.2, 0.25) is 0 Å². The van der Waals surface area contributed by atoms with Gasteiger partial charge in [0, 0.05) is 17.0 Å². The predicted molar refractivity (Wildman–Crippen MR) is 71.6 cm³/mol. The summed E-state index contributed by atoms with van der Waals surface area (Å²) in [5.74, 6) is -0.121. The molecule has 0 aliphatic rings. The fourth-order valence-electron chi connectivity index (χ4n) is 1.57. The van der Waals surface area contributed by atoms with E-state index in [-0.39, 0.29) is 6.42 Å². The Morgan fingerprint density at radius 1 is 1.17 bits per heavy atom. The van der Waals surface area contributed by atoms with Crippen LogP contribution in [-0.4, -0.2) is 40.0 Å². The molecule has 0 atom stereocenters. The fraction of sp³-hybridized carbons (Fsp3) is 0.615. The van der Waals surface area contributed by atoms with Gasteiger partial charge in [0.1, 0.15) is 5.82 Å². The van der Waals surface area contributed by atoms with E-state index < -0.39 is 5.97 Å². The number of aliphatic carboxylic acids is 1. The first-order valence-electron chi connectivity index (χ1n) is 6.09. The molecule has 0 saturated heterocycles. The van der Waals surface area contributed by atoms with E-state index in [1.54, 1.807) is 0 Å². The lowest BCUT2D eigenvalue weighted by atomic mass is 10.1. The molecule has 0 unspecified atom stereocenters. The van der Waals surface area contributed by atoms with Gasteiger partial charge in [0.05, 0.1) is 13.0 Å². The molecule has 1 aromatic heterocycles. The largest absolute Gasteiger partial charge is 0.481 e. The number of carbonyl (C=O) groups is 1.